The van der Waals surface area contributed by atoms with E-state index in [9.17, 15) is 24.5 Å². The summed E-state index contributed by atoms with van der Waals surface area (Å²) in [5.74, 6) is -1.05. The summed E-state index contributed by atoms with van der Waals surface area (Å²) >= 11 is 0. The third kappa shape index (κ3) is 4.06. The van der Waals surface area contributed by atoms with Gasteiger partial charge in [-0.05, 0) is 12.0 Å². The van der Waals surface area contributed by atoms with Crippen LogP contribution in [0.1, 0.15) is 18.9 Å². The van der Waals surface area contributed by atoms with E-state index in [0.29, 0.717) is 12.0 Å². The van der Waals surface area contributed by atoms with Crippen molar-refractivity contribution in [2.75, 3.05) is 0 Å². The van der Waals surface area contributed by atoms with Crippen LogP contribution in [-0.4, -0.2) is 32.0 Å². The molecule has 1 aromatic carbocycles. The number of hydrogen-bond acceptors (Lipinski definition) is 6. The van der Waals surface area contributed by atoms with Gasteiger partial charge in [-0.1, -0.05) is 6.92 Å². The van der Waals surface area contributed by atoms with E-state index in [1.54, 1.807) is 6.92 Å². The van der Waals surface area contributed by atoms with E-state index in [0.717, 1.165) is 6.07 Å². The first-order valence-electron chi connectivity index (χ1n) is 6.73. The summed E-state index contributed by atoms with van der Waals surface area (Å²) in [6.45, 7) is 1.65. The predicted octanol–water partition coefficient (Wildman–Crippen LogP) is 0.655. The van der Waals surface area contributed by atoms with Crippen LogP contribution in [0.4, 0.5) is 5.69 Å². The minimum Gasteiger partial charge on any atom is -0.480 e. The Balaban J connectivity index is 0.00000288. The number of nitrogens with zero attached hydrogens (tertiary/aromatic N) is 1. The summed E-state index contributed by atoms with van der Waals surface area (Å²) < 4.78 is 0. The Labute approximate surface area is 144 Å². The van der Waals surface area contributed by atoms with Crippen molar-refractivity contribution in [3.05, 3.63) is 48.5 Å². The number of carboxylic acid groups (broad SMARTS) is 1. The predicted molar refractivity (Wildman–Crippen MR) is 90.7 cm³/mol. The fraction of sp³-hybridized carbons (Fsp3) is 0.308. The third-order valence-electron chi connectivity index (χ3n) is 3.35. The smallest absolute Gasteiger partial charge is 0.320 e. The number of aromatic amines is 2. The molecule has 1 heterocycles. The van der Waals surface area contributed by atoms with Gasteiger partial charge < -0.3 is 20.4 Å². The van der Waals surface area contributed by atoms with E-state index in [4.69, 9.17) is 5.11 Å². The minimum absolute atomic E-state index is 0. The zero-order valence-electron chi connectivity index (χ0n) is 12.5. The van der Waals surface area contributed by atoms with Crippen molar-refractivity contribution < 1.29 is 14.8 Å². The molecule has 1 atom stereocenters. The van der Waals surface area contributed by atoms with Gasteiger partial charge in [-0.2, -0.15) is 0 Å². The zero-order chi connectivity index (χ0) is 17.1. The molecule has 0 aliphatic heterocycles. The number of carboxylic acids is 1. The molecule has 0 saturated carbocycles. The number of rotatable bonds is 6. The van der Waals surface area contributed by atoms with Gasteiger partial charge in [0.15, 0.2) is 0 Å². The first kappa shape index (κ1) is 19.5. The largest absolute Gasteiger partial charge is 0.480 e. The normalized spacial score (nSPS) is 11.7. The van der Waals surface area contributed by atoms with Crippen molar-refractivity contribution in [2.24, 2.45) is 0 Å². The maximum Gasteiger partial charge on any atom is 0.320 e. The maximum atomic E-state index is 11.5. The molecule has 1 aromatic heterocycles. The standard InChI is InChI=1S/C13H14N4O6.BrH/c1-2-8(13(20)21)14-5-6-3-7(17(22)23)4-9-10(6)16-12(19)11(18)15-9;/h3-4,8,14H,2,5H2,1H3,(H,15,18)(H,16,19)(H,20,21);1H/t8-;/m0./s1. The Morgan fingerprint density at radius 3 is 2.50 bits per heavy atom. The van der Waals surface area contributed by atoms with Crippen molar-refractivity contribution in [2.45, 2.75) is 25.9 Å². The highest BCUT2D eigenvalue weighted by Crippen LogP contribution is 2.21. The number of aliphatic carboxylic acids is 1. The number of aromatic nitrogens is 2. The van der Waals surface area contributed by atoms with Crippen molar-refractivity contribution in [3.63, 3.8) is 0 Å². The molecular formula is C13H15BrN4O6. The lowest BCUT2D eigenvalue weighted by atomic mass is 10.1. The lowest BCUT2D eigenvalue weighted by Crippen LogP contribution is -2.36. The number of halogens is 1. The van der Waals surface area contributed by atoms with Gasteiger partial charge in [-0.15, -0.1) is 17.0 Å². The van der Waals surface area contributed by atoms with Gasteiger partial charge in [-0.3, -0.25) is 24.5 Å². The van der Waals surface area contributed by atoms with Crippen LogP contribution in [0.25, 0.3) is 11.0 Å². The second kappa shape index (κ2) is 7.84. The highest BCUT2D eigenvalue weighted by Gasteiger charge is 2.17. The topological polar surface area (TPSA) is 158 Å². The molecule has 0 saturated heterocycles. The van der Waals surface area contributed by atoms with E-state index >= 15 is 0 Å². The molecule has 0 bridgehead atoms. The van der Waals surface area contributed by atoms with Crippen molar-refractivity contribution in [1.29, 1.82) is 0 Å². The monoisotopic (exact) mass is 402 g/mol. The summed E-state index contributed by atoms with van der Waals surface area (Å²) in [7, 11) is 0. The van der Waals surface area contributed by atoms with Gasteiger partial charge in [0, 0.05) is 18.7 Å². The van der Waals surface area contributed by atoms with Crippen LogP contribution in [0.2, 0.25) is 0 Å². The zero-order valence-corrected chi connectivity index (χ0v) is 14.2. The van der Waals surface area contributed by atoms with Crippen LogP contribution < -0.4 is 16.4 Å². The van der Waals surface area contributed by atoms with E-state index in [-0.39, 0.29) is 40.2 Å². The van der Waals surface area contributed by atoms with Crippen LogP contribution in [0.3, 0.4) is 0 Å². The number of nitrogens with one attached hydrogen (secondary N) is 3. The van der Waals surface area contributed by atoms with Gasteiger partial charge in [-0.25, -0.2) is 0 Å². The summed E-state index contributed by atoms with van der Waals surface area (Å²) in [6.07, 6.45) is 0.315. The number of nitro benzene ring substituents is 1. The van der Waals surface area contributed by atoms with E-state index in [1.807, 2.05) is 0 Å². The number of fused-ring (bicyclic) bond motifs is 1. The van der Waals surface area contributed by atoms with Crippen molar-refractivity contribution >= 4 is 39.7 Å². The maximum absolute atomic E-state index is 11.5. The fourth-order valence-corrected chi connectivity index (χ4v) is 2.17. The first-order valence-corrected chi connectivity index (χ1v) is 6.73. The molecule has 10 nitrogen and oxygen atoms in total. The number of carbonyl (C=O) groups is 1. The highest BCUT2D eigenvalue weighted by molar-refractivity contribution is 8.93. The molecule has 4 N–H and O–H groups in total. The lowest BCUT2D eigenvalue weighted by molar-refractivity contribution is -0.384. The van der Waals surface area contributed by atoms with Gasteiger partial charge in [0.05, 0.1) is 16.0 Å². The number of benzene rings is 1. The van der Waals surface area contributed by atoms with Crippen LogP contribution in [0.15, 0.2) is 21.7 Å². The van der Waals surface area contributed by atoms with E-state index < -0.39 is 28.1 Å². The van der Waals surface area contributed by atoms with Crippen molar-refractivity contribution in [3.8, 4) is 0 Å². The molecule has 0 fully saturated rings. The second-order valence-corrected chi connectivity index (χ2v) is 4.87. The molecule has 2 rings (SSSR count). The van der Waals surface area contributed by atoms with Gasteiger partial charge in [0.1, 0.15) is 6.04 Å². The fourth-order valence-electron chi connectivity index (χ4n) is 2.17. The Morgan fingerprint density at radius 2 is 1.96 bits per heavy atom. The van der Waals surface area contributed by atoms with E-state index in [2.05, 4.69) is 15.3 Å². The lowest BCUT2D eigenvalue weighted by Gasteiger charge is -2.13. The minimum atomic E-state index is -1.05. The molecule has 2 aromatic rings. The first-order chi connectivity index (χ1) is 10.8. The number of nitro groups is 1. The molecule has 0 spiro atoms. The number of non-ortho nitro benzene ring substituents is 1. The highest BCUT2D eigenvalue weighted by atomic mass is 79.9. The summed E-state index contributed by atoms with van der Waals surface area (Å²) in [4.78, 5) is 48.8. The quantitative estimate of drug-likeness (QED) is 0.313. The number of hydrogen-bond donors (Lipinski definition) is 4. The Bertz CT molecular complexity index is 890. The molecule has 0 unspecified atom stereocenters. The number of H-pyrrole nitrogens is 2. The molecule has 130 valence electrons. The molecule has 24 heavy (non-hydrogen) atoms. The van der Waals surface area contributed by atoms with Gasteiger partial charge in [0.25, 0.3) is 5.69 Å². The molecular weight excluding hydrogens is 388 g/mol. The molecule has 11 heteroatoms. The van der Waals surface area contributed by atoms with Crippen LogP contribution in [0.5, 0.6) is 0 Å². The molecule has 0 aliphatic rings. The Kier molecular flexibility index (Phi) is 6.37. The summed E-state index contributed by atoms with van der Waals surface area (Å²) in [6, 6.07) is 1.52. The Hall–Kier alpha value is -2.53. The summed E-state index contributed by atoms with van der Waals surface area (Å²) in [5.41, 5.74) is -1.47. The van der Waals surface area contributed by atoms with Crippen molar-refractivity contribution in [1.82, 2.24) is 15.3 Å². The third-order valence-corrected chi connectivity index (χ3v) is 3.35. The van der Waals surface area contributed by atoms with Gasteiger partial charge >= 0.3 is 17.1 Å². The van der Waals surface area contributed by atoms with Crippen LogP contribution in [-0.2, 0) is 11.3 Å². The second-order valence-electron chi connectivity index (χ2n) is 4.87. The van der Waals surface area contributed by atoms with E-state index in [1.165, 1.54) is 6.07 Å². The average Bonchev–Trinajstić information content (AvgIpc) is 2.48. The molecule has 0 radical (unpaired) electrons. The van der Waals surface area contributed by atoms with Crippen LogP contribution >= 0.6 is 17.0 Å². The Morgan fingerprint density at radius 1 is 1.33 bits per heavy atom. The molecule has 0 amide bonds. The SMILES string of the molecule is Br.CC[C@H](NCc1cc([N+](=O)[O-])cc2[nH]c(=O)c(=O)[nH]c12)C(=O)O. The van der Waals surface area contributed by atoms with Gasteiger partial charge in [0.2, 0.25) is 0 Å². The average molecular weight is 403 g/mol. The van der Waals surface area contributed by atoms with Crippen LogP contribution in [0, 0.1) is 10.1 Å². The molecule has 0 aliphatic carbocycles. The summed E-state index contributed by atoms with van der Waals surface area (Å²) in [5, 5.41) is 22.7.